The first-order chi connectivity index (χ1) is 7.52. The van der Waals surface area contributed by atoms with E-state index in [0.29, 0.717) is 5.92 Å². The highest BCUT2D eigenvalue weighted by atomic mass is 16.5. The van der Waals surface area contributed by atoms with Gasteiger partial charge in [-0.25, -0.2) is 0 Å². The maximum Gasteiger partial charge on any atom is 0.0644 e. The fraction of sp³-hybridized carbons (Fsp3) is 1.00. The van der Waals surface area contributed by atoms with Crippen LogP contribution in [-0.4, -0.2) is 39.0 Å². The van der Waals surface area contributed by atoms with Crippen LogP contribution >= 0.6 is 0 Å². The Morgan fingerprint density at radius 2 is 2.00 bits per heavy atom. The monoisotopic (exact) mass is 231 g/mol. The van der Waals surface area contributed by atoms with Crippen molar-refractivity contribution in [2.75, 3.05) is 33.4 Å². The molecule has 0 aliphatic rings. The topological polar surface area (TPSA) is 30.5 Å². The van der Waals surface area contributed by atoms with Crippen molar-refractivity contribution >= 4 is 0 Å². The molecule has 0 aromatic carbocycles. The minimum atomic E-state index is -0.0658. The smallest absolute Gasteiger partial charge is 0.0644 e. The molecule has 0 rings (SSSR count). The van der Waals surface area contributed by atoms with E-state index < -0.39 is 0 Å². The van der Waals surface area contributed by atoms with Crippen LogP contribution in [0.1, 0.15) is 40.5 Å². The zero-order valence-electron chi connectivity index (χ0n) is 11.6. The van der Waals surface area contributed by atoms with Crippen LogP contribution in [0.25, 0.3) is 0 Å². The summed E-state index contributed by atoms with van der Waals surface area (Å²) >= 11 is 0. The number of rotatable bonds is 10. The number of nitrogens with one attached hydrogen (secondary N) is 1. The van der Waals surface area contributed by atoms with Gasteiger partial charge in [-0.05, 0) is 45.7 Å². The predicted molar refractivity (Wildman–Crippen MR) is 68.8 cm³/mol. The molecule has 0 saturated carbocycles. The van der Waals surface area contributed by atoms with Crippen LogP contribution in [0, 0.1) is 5.92 Å². The SMILES string of the molecule is CCCNCC(C)COCCC(C)(C)OC. The molecule has 3 nitrogen and oxygen atoms in total. The summed E-state index contributed by atoms with van der Waals surface area (Å²) in [5.41, 5.74) is -0.0658. The van der Waals surface area contributed by atoms with Gasteiger partial charge in [0.05, 0.1) is 12.2 Å². The predicted octanol–water partition coefficient (Wildman–Crippen LogP) is 2.45. The molecule has 3 heteroatoms. The van der Waals surface area contributed by atoms with Gasteiger partial charge in [0.25, 0.3) is 0 Å². The molecule has 0 spiro atoms. The zero-order valence-corrected chi connectivity index (χ0v) is 11.6. The third-order valence-corrected chi connectivity index (χ3v) is 2.72. The lowest BCUT2D eigenvalue weighted by Gasteiger charge is -2.23. The normalized spacial score (nSPS) is 14.1. The first-order valence-electron chi connectivity index (χ1n) is 6.35. The van der Waals surface area contributed by atoms with Crippen LogP contribution in [0.4, 0.5) is 0 Å². The lowest BCUT2D eigenvalue weighted by Crippen LogP contribution is -2.27. The van der Waals surface area contributed by atoms with Crippen LogP contribution < -0.4 is 5.32 Å². The molecule has 0 aliphatic heterocycles. The Morgan fingerprint density at radius 3 is 2.56 bits per heavy atom. The van der Waals surface area contributed by atoms with Crippen LogP contribution in [0.3, 0.4) is 0 Å². The summed E-state index contributed by atoms with van der Waals surface area (Å²) < 4.78 is 11.0. The Hall–Kier alpha value is -0.120. The molecule has 0 aromatic heterocycles. The molecule has 1 N–H and O–H groups in total. The summed E-state index contributed by atoms with van der Waals surface area (Å²) in [6.45, 7) is 12.3. The Bertz CT molecular complexity index is 160. The quantitative estimate of drug-likeness (QED) is 0.586. The fourth-order valence-corrected chi connectivity index (χ4v) is 1.29. The van der Waals surface area contributed by atoms with E-state index in [4.69, 9.17) is 9.47 Å². The van der Waals surface area contributed by atoms with E-state index in [9.17, 15) is 0 Å². The van der Waals surface area contributed by atoms with Gasteiger partial charge in [0.2, 0.25) is 0 Å². The van der Waals surface area contributed by atoms with Gasteiger partial charge in [-0.3, -0.25) is 0 Å². The van der Waals surface area contributed by atoms with Gasteiger partial charge in [0, 0.05) is 13.7 Å². The number of hydrogen-bond donors (Lipinski definition) is 1. The van der Waals surface area contributed by atoms with E-state index in [1.165, 1.54) is 6.42 Å². The zero-order chi connectivity index (χ0) is 12.4. The molecule has 0 heterocycles. The van der Waals surface area contributed by atoms with E-state index in [2.05, 4.69) is 33.0 Å². The van der Waals surface area contributed by atoms with Crippen molar-refractivity contribution < 1.29 is 9.47 Å². The fourth-order valence-electron chi connectivity index (χ4n) is 1.29. The molecule has 98 valence electrons. The van der Waals surface area contributed by atoms with Crippen LogP contribution in [0.15, 0.2) is 0 Å². The average molecular weight is 231 g/mol. The van der Waals surface area contributed by atoms with Crippen molar-refractivity contribution in [3.05, 3.63) is 0 Å². The molecule has 1 unspecified atom stereocenters. The molecule has 0 saturated heterocycles. The molecule has 0 bridgehead atoms. The van der Waals surface area contributed by atoms with E-state index in [0.717, 1.165) is 32.7 Å². The Balaban J connectivity index is 3.37. The summed E-state index contributed by atoms with van der Waals surface area (Å²) in [5.74, 6) is 0.581. The van der Waals surface area contributed by atoms with E-state index in [1.54, 1.807) is 7.11 Å². The Kier molecular flexibility index (Phi) is 8.90. The van der Waals surface area contributed by atoms with Gasteiger partial charge in [-0.15, -0.1) is 0 Å². The van der Waals surface area contributed by atoms with Gasteiger partial charge in [0.1, 0.15) is 0 Å². The highest BCUT2D eigenvalue weighted by Gasteiger charge is 2.15. The molecule has 1 atom stereocenters. The Labute approximate surface area is 101 Å². The Morgan fingerprint density at radius 1 is 1.31 bits per heavy atom. The lowest BCUT2D eigenvalue weighted by atomic mass is 10.1. The van der Waals surface area contributed by atoms with Crippen LogP contribution in [0.2, 0.25) is 0 Å². The molecule has 0 fully saturated rings. The molecule has 0 aromatic rings. The van der Waals surface area contributed by atoms with Gasteiger partial charge < -0.3 is 14.8 Å². The standard InChI is InChI=1S/C13H29NO2/c1-6-8-14-10-12(2)11-16-9-7-13(3,4)15-5/h12,14H,6-11H2,1-5H3. The van der Waals surface area contributed by atoms with Crippen molar-refractivity contribution in [1.82, 2.24) is 5.32 Å². The summed E-state index contributed by atoms with van der Waals surface area (Å²) in [6, 6.07) is 0. The van der Waals surface area contributed by atoms with Gasteiger partial charge >= 0.3 is 0 Å². The van der Waals surface area contributed by atoms with Crippen molar-refractivity contribution in [2.24, 2.45) is 5.92 Å². The maximum absolute atomic E-state index is 5.64. The van der Waals surface area contributed by atoms with E-state index in [-0.39, 0.29) is 5.60 Å². The molecular formula is C13H29NO2. The molecular weight excluding hydrogens is 202 g/mol. The second-order valence-corrected chi connectivity index (χ2v) is 5.10. The summed E-state index contributed by atoms with van der Waals surface area (Å²) in [5, 5.41) is 3.40. The average Bonchev–Trinajstić information content (AvgIpc) is 2.25. The van der Waals surface area contributed by atoms with Crippen molar-refractivity contribution in [3.63, 3.8) is 0 Å². The second-order valence-electron chi connectivity index (χ2n) is 5.10. The van der Waals surface area contributed by atoms with Crippen molar-refractivity contribution in [2.45, 2.75) is 46.1 Å². The van der Waals surface area contributed by atoms with Gasteiger partial charge in [-0.2, -0.15) is 0 Å². The minimum absolute atomic E-state index is 0.0658. The van der Waals surface area contributed by atoms with Gasteiger partial charge in [-0.1, -0.05) is 13.8 Å². The summed E-state index contributed by atoms with van der Waals surface area (Å²) in [4.78, 5) is 0. The lowest BCUT2D eigenvalue weighted by molar-refractivity contribution is -0.0135. The number of hydrogen-bond acceptors (Lipinski definition) is 3. The first kappa shape index (κ1) is 15.9. The highest BCUT2D eigenvalue weighted by molar-refractivity contribution is 4.66. The van der Waals surface area contributed by atoms with Crippen LogP contribution in [0.5, 0.6) is 0 Å². The van der Waals surface area contributed by atoms with Gasteiger partial charge in [0.15, 0.2) is 0 Å². The third kappa shape index (κ3) is 9.13. The number of methoxy groups -OCH3 is 1. The van der Waals surface area contributed by atoms with E-state index >= 15 is 0 Å². The largest absolute Gasteiger partial charge is 0.381 e. The minimum Gasteiger partial charge on any atom is -0.381 e. The second kappa shape index (κ2) is 8.97. The van der Waals surface area contributed by atoms with Crippen LogP contribution in [-0.2, 0) is 9.47 Å². The highest BCUT2D eigenvalue weighted by Crippen LogP contribution is 2.12. The first-order valence-corrected chi connectivity index (χ1v) is 6.35. The third-order valence-electron chi connectivity index (χ3n) is 2.72. The van der Waals surface area contributed by atoms with Crippen molar-refractivity contribution in [1.29, 1.82) is 0 Å². The maximum atomic E-state index is 5.64. The molecule has 16 heavy (non-hydrogen) atoms. The summed E-state index contributed by atoms with van der Waals surface area (Å²) in [6.07, 6.45) is 2.13. The molecule has 0 radical (unpaired) electrons. The van der Waals surface area contributed by atoms with Crippen molar-refractivity contribution in [3.8, 4) is 0 Å². The number of ether oxygens (including phenoxy) is 2. The molecule has 0 aliphatic carbocycles. The molecule has 0 amide bonds. The van der Waals surface area contributed by atoms with E-state index in [1.807, 2.05) is 0 Å². The summed E-state index contributed by atoms with van der Waals surface area (Å²) in [7, 11) is 1.75.